The molecule has 0 saturated heterocycles. The molecule has 0 heterocycles. The molecule has 3 atom stereocenters. The van der Waals surface area contributed by atoms with Crippen molar-refractivity contribution in [2.24, 2.45) is 11.7 Å². The molecule has 0 amide bonds. The van der Waals surface area contributed by atoms with E-state index in [2.05, 4.69) is 20.8 Å². The van der Waals surface area contributed by atoms with Gasteiger partial charge in [0.05, 0.1) is 6.10 Å². The first kappa shape index (κ1) is 13.9. The monoisotopic (exact) mass is 201 g/mol. The smallest absolute Gasteiger partial charge is 0.0725 e. The molecule has 0 bridgehead atoms. The van der Waals surface area contributed by atoms with Crippen LogP contribution in [0.2, 0.25) is 0 Å². The maximum atomic E-state index is 6.14. The van der Waals surface area contributed by atoms with Crippen LogP contribution in [0.4, 0.5) is 0 Å². The average molecular weight is 201 g/mol. The quantitative estimate of drug-likeness (QED) is 0.655. The Morgan fingerprint density at radius 2 is 1.86 bits per heavy atom. The van der Waals surface area contributed by atoms with Crippen molar-refractivity contribution in [1.29, 1.82) is 0 Å². The summed E-state index contributed by atoms with van der Waals surface area (Å²) in [7, 11) is 0. The number of nitrogens with two attached hydrogens (primary N) is 1. The first-order valence-corrected chi connectivity index (χ1v) is 6.02. The zero-order valence-corrected chi connectivity index (χ0v) is 10.3. The molecule has 0 aliphatic heterocycles. The van der Waals surface area contributed by atoms with E-state index in [4.69, 9.17) is 10.5 Å². The summed E-state index contributed by atoms with van der Waals surface area (Å²) in [6.45, 7) is 9.47. The van der Waals surface area contributed by atoms with Gasteiger partial charge in [0.2, 0.25) is 0 Å². The summed E-state index contributed by atoms with van der Waals surface area (Å²) in [5.41, 5.74) is 6.14. The topological polar surface area (TPSA) is 35.2 Å². The minimum atomic E-state index is 0.213. The van der Waals surface area contributed by atoms with Crippen LogP contribution in [-0.2, 0) is 4.74 Å². The van der Waals surface area contributed by atoms with Gasteiger partial charge in [-0.05, 0) is 25.7 Å². The summed E-state index contributed by atoms with van der Waals surface area (Å²) in [6, 6.07) is 0.213. The van der Waals surface area contributed by atoms with Gasteiger partial charge in [0.1, 0.15) is 0 Å². The number of rotatable bonds is 8. The molecule has 0 aliphatic carbocycles. The second kappa shape index (κ2) is 8.25. The number of ether oxygens (including phenoxy) is 1. The molecule has 14 heavy (non-hydrogen) atoms. The van der Waals surface area contributed by atoms with Gasteiger partial charge in [-0.15, -0.1) is 0 Å². The molecular weight excluding hydrogens is 174 g/mol. The van der Waals surface area contributed by atoms with E-state index < -0.39 is 0 Å². The van der Waals surface area contributed by atoms with E-state index in [1.165, 1.54) is 6.42 Å². The highest BCUT2D eigenvalue weighted by atomic mass is 16.5. The van der Waals surface area contributed by atoms with Crippen LogP contribution in [0.5, 0.6) is 0 Å². The van der Waals surface area contributed by atoms with Crippen molar-refractivity contribution < 1.29 is 4.74 Å². The average Bonchev–Trinajstić information content (AvgIpc) is 2.17. The molecule has 2 N–H and O–H groups in total. The normalized spacial score (nSPS) is 17.8. The van der Waals surface area contributed by atoms with Crippen LogP contribution >= 0.6 is 0 Å². The lowest BCUT2D eigenvalue weighted by Gasteiger charge is -2.25. The van der Waals surface area contributed by atoms with Crippen LogP contribution in [0.15, 0.2) is 0 Å². The summed E-state index contributed by atoms with van der Waals surface area (Å²) in [6.07, 6.45) is 4.79. The molecule has 0 spiro atoms. The SMILES string of the molecule is CCCC(OCC)C(N)CC(C)CC. The van der Waals surface area contributed by atoms with Crippen molar-refractivity contribution in [1.82, 2.24) is 0 Å². The Morgan fingerprint density at radius 1 is 1.21 bits per heavy atom. The first-order chi connectivity index (χ1) is 6.65. The molecule has 3 unspecified atom stereocenters. The molecule has 0 aromatic carbocycles. The highest BCUT2D eigenvalue weighted by Crippen LogP contribution is 2.15. The summed E-state index contributed by atoms with van der Waals surface area (Å²) in [5.74, 6) is 0.713. The van der Waals surface area contributed by atoms with Gasteiger partial charge in [0.15, 0.2) is 0 Å². The fraction of sp³-hybridized carbons (Fsp3) is 1.00. The summed E-state index contributed by atoms with van der Waals surface area (Å²) in [5, 5.41) is 0. The van der Waals surface area contributed by atoms with Crippen LogP contribution in [0.25, 0.3) is 0 Å². The molecule has 0 radical (unpaired) electrons. The van der Waals surface area contributed by atoms with Crippen molar-refractivity contribution in [3.05, 3.63) is 0 Å². The van der Waals surface area contributed by atoms with Gasteiger partial charge in [-0.1, -0.05) is 33.6 Å². The molecule has 0 aromatic rings. The van der Waals surface area contributed by atoms with Crippen LogP contribution in [0, 0.1) is 5.92 Å². The standard InChI is InChI=1S/C12H27NO/c1-5-8-12(14-7-3)11(13)9-10(4)6-2/h10-12H,5-9,13H2,1-4H3. The first-order valence-electron chi connectivity index (χ1n) is 6.02. The Balaban J connectivity index is 3.92. The van der Waals surface area contributed by atoms with Crippen molar-refractivity contribution in [2.45, 2.75) is 65.5 Å². The van der Waals surface area contributed by atoms with Crippen LogP contribution in [-0.4, -0.2) is 18.8 Å². The molecule has 0 aromatic heterocycles. The highest BCUT2D eigenvalue weighted by Gasteiger charge is 2.18. The summed E-state index contributed by atoms with van der Waals surface area (Å²) < 4.78 is 5.66. The van der Waals surface area contributed by atoms with Gasteiger partial charge in [-0.3, -0.25) is 0 Å². The third-order valence-corrected chi connectivity index (χ3v) is 2.80. The van der Waals surface area contributed by atoms with Crippen molar-refractivity contribution in [2.75, 3.05) is 6.61 Å². The molecule has 0 fully saturated rings. The Kier molecular flexibility index (Phi) is 8.20. The lowest BCUT2D eigenvalue weighted by molar-refractivity contribution is 0.0324. The molecule has 0 aliphatic rings. The maximum Gasteiger partial charge on any atom is 0.0725 e. The van der Waals surface area contributed by atoms with Gasteiger partial charge in [0, 0.05) is 12.6 Å². The van der Waals surface area contributed by atoms with Gasteiger partial charge in [-0.2, -0.15) is 0 Å². The van der Waals surface area contributed by atoms with E-state index in [0.29, 0.717) is 5.92 Å². The lowest BCUT2D eigenvalue weighted by Crippen LogP contribution is -2.38. The van der Waals surface area contributed by atoms with Crippen molar-refractivity contribution in [3.8, 4) is 0 Å². The summed E-state index contributed by atoms with van der Waals surface area (Å²) in [4.78, 5) is 0. The fourth-order valence-electron chi connectivity index (χ4n) is 1.70. The van der Waals surface area contributed by atoms with Crippen LogP contribution < -0.4 is 5.73 Å². The van der Waals surface area contributed by atoms with E-state index in [0.717, 1.165) is 25.9 Å². The zero-order chi connectivity index (χ0) is 11.0. The van der Waals surface area contributed by atoms with Crippen LogP contribution in [0.1, 0.15) is 53.4 Å². The van der Waals surface area contributed by atoms with E-state index in [-0.39, 0.29) is 12.1 Å². The number of hydrogen-bond donors (Lipinski definition) is 1. The van der Waals surface area contributed by atoms with E-state index in [1.807, 2.05) is 6.92 Å². The Bertz CT molecular complexity index is 121. The second-order valence-corrected chi connectivity index (χ2v) is 4.20. The van der Waals surface area contributed by atoms with E-state index >= 15 is 0 Å². The molecular formula is C12H27NO. The Hall–Kier alpha value is -0.0800. The highest BCUT2D eigenvalue weighted by molar-refractivity contribution is 4.75. The van der Waals surface area contributed by atoms with Gasteiger partial charge >= 0.3 is 0 Å². The molecule has 2 nitrogen and oxygen atoms in total. The summed E-state index contributed by atoms with van der Waals surface area (Å²) >= 11 is 0. The Morgan fingerprint density at radius 3 is 2.29 bits per heavy atom. The van der Waals surface area contributed by atoms with Gasteiger partial charge in [-0.25, -0.2) is 0 Å². The lowest BCUT2D eigenvalue weighted by atomic mass is 9.94. The minimum Gasteiger partial charge on any atom is -0.377 e. The molecule has 86 valence electrons. The minimum absolute atomic E-state index is 0.213. The molecule has 0 rings (SSSR count). The fourth-order valence-corrected chi connectivity index (χ4v) is 1.70. The number of hydrogen-bond acceptors (Lipinski definition) is 2. The predicted octanol–water partition coefficient (Wildman–Crippen LogP) is 2.96. The van der Waals surface area contributed by atoms with Gasteiger partial charge < -0.3 is 10.5 Å². The van der Waals surface area contributed by atoms with Crippen molar-refractivity contribution >= 4 is 0 Å². The third-order valence-electron chi connectivity index (χ3n) is 2.80. The maximum absolute atomic E-state index is 6.14. The largest absolute Gasteiger partial charge is 0.377 e. The Labute approximate surface area is 89.2 Å². The van der Waals surface area contributed by atoms with E-state index in [9.17, 15) is 0 Å². The third kappa shape index (κ3) is 5.61. The second-order valence-electron chi connectivity index (χ2n) is 4.20. The van der Waals surface area contributed by atoms with E-state index in [1.54, 1.807) is 0 Å². The van der Waals surface area contributed by atoms with Crippen LogP contribution in [0.3, 0.4) is 0 Å². The van der Waals surface area contributed by atoms with Gasteiger partial charge in [0.25, 0.3) is 0 Å². The zero-order valence-electron chi connectivity index (χ0n) is 10.3. The molecule has 0 saturated carbocycles. The predicted molar refractivity (Wildman–Crippen MR) is 62.4 cm³/mol. The molecule has 2 heteroatoms. The van der Waals surface area contributed by atoms with Crippen molar-refractivity contribution in [3.63, 3.8) is 0 Å².